The fraction of sp³-hybridized carbons (Fsp3) is 1.00. The molecule has 4 nitrogen and oxygen atoms in total. The second-order valence-corrected chi connectivity index (χ2v) is 7.51. The molecule has 0 saturated heterocycles. The highest BCUT2D eigenvalue weighted by Crippen LogP contribution is 2.26. The quantitative estimate of drug-likeness (QED) is 0.516. The van der Waals surface area contributed by atoms with Crippen molar-refractivity contribution in [1.82, 2.24) is 0 Å². The highest BCUT2D eigenvalue weighted by atomic mass is 32.2. The van der Waals surface area contributed by atoms with E-state index in [1.54, 1.807) is 25.6 Å². The molecule has 0 bridgehead atoms. The van der Waals surface area contributed by atoms with E-state index in [0.717, 1.165) is 5.75 Å². The molecule has 0 heterocycles. The van der Waals surface area contributed by atoms with Gasteiger partial charge in [0.15, 0.2) is 0 Å². The molecule has 6 heteroatoms. The van der Waals surface area contributed by atoms with Gasteiger partial charge in [-0.25, -0.2) is 0 Å². The second kappa shape index (κ2) is 6.48. The average molecular weight is 253 g/mol. The minimum atomic E-state index is -0.988. The van der Waals surface area contributed by atoms with E-state index < -0.39 is 16.3 Å². The van der Waals surface area contributed by atoms with Gasteiger partial charge in [-0.3, -0.25) is 14.3 Å². The van der Waals surface area contributed by atoms with Gasteiger partial charge in [0.2, 0.25) is 5.54 Å². The van der Waals surface area contributed by atoms with Crippen molar-refractivity contribution in [1.29, 1.82) is 0 Å². The molecule has 2 atom stereocenters. The van der Waals surface area contributed by atoms with Crippen LogP contribution in [0, 0.1) is 10.1 Å². The first kappa shape index (κ1) is 14.9. The molecule has 0 aliphatic heterocycles. The Bertz CT molecular complexity index is 244. The minimum Gasteiger partial charge on any atom is -0.264 e. The third kappa shape index (κ3) is 4.97. The largest absolute Gasteiger partial charge is 0.264 e. The Kier molecular flexibility index (Phi) is 6.43. The van der Waals surface area contributed by atoms with E-state index in [0.29, 0.717) is 12.2 Å². The molecule has 0 aromatic rings. The van der Waals surface area contributed by atoms with Gasteiger partial charge in [0.1, 0.15) is 0 Å². The van der Waals surface area contributed by atoms with E-state index in [-0.39, 0.29) is 9.51 Å². The fourth-order valence-corrected chi connectivity index (χ4v) is 4.37. The van der Waals surface area contributed by atoms with E-state index in [4.69, 9.17) is 0 Å². The van der Waals surface area contributed by atoms with Crippen molar-refractivity contribution in [2.24, 2.45) is 0 Å². The molecule has 2 unspecified atom stereocenters. The molecule has 0 rings (SSSR count). The second-order valence-electron chi connectivity index (χ2n) is 3.83. The highest BCUT2D eigenvalue weighted by molar-refractivity contribution is 8.11. The Labute approximate surface area is 97.8 Å². The summed E-state index contributed by atoms with van der Waals surface area (Å²) < 4.78 is 11.5. The molecule has 0 N–H and O–H groups in total. The zero-order chi connectivity index (χ0) is 12.1. The van der Waals surface area contributed by atoms with Gasteiger partial charge in [-0.2, -0.15) is 0 Å². The molecule has 90 valence electrons. The van der Waals surface area contributed by atoms with Crippen molar-refractivity contribution in [3.05, 3.63) is 10.1 Å². The van der Waals surface area contributed by atoms with E-state index in [2.05, 4.69) is 0 Å². The van der Waals surface area contributed by atoms with Gasteiger partial charge in [0, 0.05) is 41.7 Å². The molecule has 0 radical (unpaired) electrons. The molecule has 0 spiro atoms. The number of nitrogens with zero attached hydrogens (tertiary/aromatic N) is 1. The fourth-order valence-electron chi connectivity index (χ4n) is 1.08. The van der Waals surface area contributed by atoms with Crippen LogP contribution in [0.15, 0.2) is 0 Å². The van der Waals surface area contributed by atoms with Gasteiger partial charge in [0.25, 0.3) is 0 Å². The maximum absolute atomic E-state index is 11.7. The molecule has 0 aliphatic rings. The minimum absolute atomic E-state index is 0.125. The standard InChI is InChI=1S/C9H19NO3S2/c1-5-14-8(15(13)6-2)7-9(3,4)10(11)12/h8H,5-7H2,1-4H3. The first-order valence-corrected chi connectivity index (χ1v) is 7.41. The Morgan fingerprint density at radius 3 is 2.33 bits per heavy atom. The van der Waals surface area contributed by atoms with Gasteiger partial charge >= 0.3 is 0 Å². The predicted octanol–water partition coefficient (Wildman–Crippen LogP) is 2.28. The first-order valence-electron chi connectivity index (χ1n) is 4.98. The summed E-state index contributed by atoms with van der Waals surface area (Å²) in [5.41, 5.74) is -0.988. The van der Waals surface area contributed by atoms with Gasteiger partial charge in [0.05, 0.1) is 4.58 Å². The summed E-state index contributed by atoms with van der Waals surface area (Å²) in [5.74, 6) is 1.40. The van der Waals surface area contributed by atoms with Gasteiger partial charge in [-0.15, -0.1) is 11.8 Å². The van der Waals surface area contributed by atoms with Crippen LogP contribution in [-0.2, 0) is 10.8 Å². The van der Waals surface area contributed by atoms with E-state index in [1.165, 1.54) is 0 Å². The summed E-state index contributed by atoms with van der Waals surface area (Å²) in [6, 6.07) is 0. The summed E-state index contributed by atoms with van der Waals surface area (Å²) in [5, 5.41) is 10.8. The van der Waals surface area contributed by atoms with Crippen LogP contribution in [0.3, 0.4) is 0 Å². The van der Waals surface area contributed by atoms with Crippen molar-refractivity contribution in [2.45, 2.75) is 44.2 Å². The molecule has 0 aromatic carbocycles. The Hall–Kier alpha value is -0.100. The average Bonchev–Trinajstić information content (AvgIpc) is 2.15. The molecular formula is C9H19NO3S2. The Morgan fingerprint density at radius 1 is 1.47 bits per heavy atom. The number of thioether (sulfide) groups is 1. The first-order chi connectivity index (χ1) is 6.85. The van der Waals surface area contributed by atoms with Crippen LogP contribution < -0.4 is 0 Å². The number of hydrogen-bond acceptors (Lipinski definition) is 4. The number of hydrogen-bond donors (Lipinski definition) is 0. The number of rotatable bonds is 7. The van der Waals surface area contributed by atoms with Crippen molar-refractivity contribution in [3.8, 4) is 0 Å². The zero-order valence-electron chi connectivity index (χ0n) is 9.69. The van der Waals surface area contributed by atoms with Crippen molar-refractivity contribution in [3.63, 3.8) is 0 Å². The molecule has 0 aliphatic carbocycles. The van der Waals surface area contributed by atoms with E-state index in [1.807, 2.05) is 13.8 Å². The topological polar surface area (TPSA) is 60.2 Å². The maximum Gasteiger partial charge on any atom is 0.218 e. The summed E-state index contributed by atoms with van der Waals surface area (Å²) in [7, 11) is -0.969. The summed E-state index contributed by atoms with van der Waals surface area (Å²) in [4.78, 5) is 10.5. The van der Waals surface area contributed by atoms with Crippen LogP contribution >= 0.6 is 11.8 Å². The lowest BCUT2D eigenvalue weighted by atomic mass is 10.0. The smallest absolute Gasteiger partial charge is 0.218 e. The lowest BCUT2D eigenvalue weighted by Crippen LogP contribution is -2.36. The summed E-state index contributed by atoms with van der Waals surface area (Å²) in [6.07, 6.45) is 0.360. The van der Waals surface area contributed by atoms with E-state index >= 15 is 0 Å². The van der Waals surface area contributed by atoms with Gasteiger partial charge in [-0.1, -0.05) is 13.8 Å². The van der Waals surface area contributed by atoms with Crippen LogP contribution in [0.25, 0.3) is 0 Å². The zero-order valence-corrected chi connectivity index (χ0v) is 11.3. The molecule has 0 fully saturated rings. The van der Waals surface area contributed by atoms with Crippen molar-refractivity contribution < 1.29 is 9.13 Å². The molecule has 0 saturated carbocycles. The van der Waals surface area contributed by atoms with Crippen LogP contribution in [0.2, 0.25) is 0 Å². The number of nitro groups is 1. The maximum atomic E-state index is 11.7. The summed E-state index contributed by atoms with van der Waals surface area (Å²) >= 11 is 1.55. The van der Waals surface area contributed by atoms with E-state index in [9.17, 15) is 14.3 Å². The van der Waals surface area contributed by atoms with Crippen LogP contribution in [0.4, 0.5) is 0 Å². The monoisotopic (exact) mass is 253 g/mol. The SMILES string of the molecule is CCSC(CC(C)(C)[N+](=O)[O-])S(=O)CC. The van der Waals surface area contributed by atoms with Crippen LogP contribution in [-0.4, -0.2) is 30.8 Å². The van der Waals surface area contributed by atoms with Crippen LogP contribution in [0.1, 0.15) is 34.1 Å². The van der Waals surface area contributed by atoms with Crippen molar-refractivity contribution in [2.75, 3.05) is 11.5 Å². The third-order valence-electron chi connectivity index (χ3n) is 2.09. The molecule has 0 aromatic heterocycles. The lowest BCUT2D eigenvalue weighted by Gasteiger charge is -2.21. The normalized spacial score (nSPS) is 16.0. The van der Waals surface area contributed by atoms with Gasteiger partial charge < -0.3 is 0 Å². The molecule has 15 heavy (non-hydrogen) atoms. The van der Waals surface area contributed by atoms with Crippen molar-refractivity contribution >= 4 is 22.6 Å². The Balaban J connectivity index is 4.53. The molecular weight excluding hydrogens is 234 g/mol. The third-order valence-corrected chi connectivity index (χ3v) is 5.34. The molecule has 0 amide bonds. The van der Waals surface area contributed by atoms with Crippen LogP contribution in [0.5, 0.6) is 0 Å². The lowest BCUT2D eigenvalue weighted by molar-refractivity contribution is -0.560. The predicted molar refractivity (Wildman–Crippen MR) is 66.3 cm³/mol. The van der Waals surface area contributed by atoms with Gasteiger partial charge in [-0.05, 0) is 5.75 Å². The Morgan fingerprint density at radius 2 is 2.00 bits per heavy atom. The highest BCUT2D eigenvalue weighted by Gasteiger charge is 2.35. The summed E-state index contributed by atoms with van der Waals surface area (Å²) in [6.45, 7) is 6.99.